The lowest BCUT2D eigenvalue weighted by atomic mass is 9.94. The number of carbonyl (C=O) groups is 2. The quantitative estimate of drug-likeness (QED) is 0.334. The maximum atomic E-state index is 13.3. The largest absolute Gasteiger partial charge is 0.507 e. The lowest BCUT2D eigenvalue weighted by Crippen LogP contribution is -2.29. The van der Waals surface area contributed by atoms with Crippen LogP contribution in [0.5, 0.6) is 5.75 Å². The fourth-order valence-electron chi connectivity index (χ4n) is 4.85. The molecule has 178 valence electrons. The number of ether oxygens (including phenoxy) is 1. The summed E-state index contributed by atoms with van der Waals surface area (Å²) in [5, 5.41) is 11.4. The first-order valence-corrected chi connectivity index (χ1v) is 11.7. The third-order valence-corrected chi connectivity index (χ3v) is 6.63. The van der Waals surface area contributed by atoms with Gasteiger partial charge in [0.15, 0.2) is 0 Å². The Morgan fingerprint density at radius 3 is 2.43 bits per heavy atom. The number of hydrogen-bond donors (Lipinski definition) is 1. The van der Waals surface area contributed by atoms with Crippen LogP contribution in [0.3, 0.4) is 0 Å². The predicted octanol–water partition coefficient (Wildman–Crippen LogP) is 4.70. The summed E-state index contributed by atoms with van der Waals surface area (Å²) in [4.78, 5) is 30.1. The van der Waals surface area contributed by atoms with Crippen molar-refractivity contribution in [2.24, 2.45) is 0 Å². The Kier molecular flexibility index (Phi) is 5.81. The van der Waals surface area contributed by atoms with Gasteiger partial charge in [-0.2, -0.15) is 0 Å². The highest BCUT2D eigenvalue weighted by Crippen LogP contribution is 2.41. The van der Waals surface area contributed by atoms with Gasteiger partial charge in [0.2, 0.25) is 0 Å². The van der Waals surface area contributed by atoms with Crippen molar-refractivity contribution in [3.8, 4) is 5.75 Å². The van der Waals surface area contributed by atoms with Crippen molar-refractivity contribution in [3.63, 3.8) is 0 Å². The summed E-state index contributed by atoms with van der Waals surface area (Å²) in [5.74, 6) is -0.669. The van der Waals surface area contributed by atoms with Gasteiger partial charge >= 0.3 is 0 Å². The molecule has 2 heterocycles. The average molecular weight is 469 g/mol. The minimum atomic E-state index is -0.699. The number of aliphatic hydroxyl groups is 1. The van der Waals surface area contributed by atoms with Crippen LogP contribution in [0, 0.1) is 0 Å². The molecule has 1 saturated heterocycles. The average Bonchev–Trinajstić information content (AvgIpc) is 3.35. The summed E-state index contributed by atoms with van der Waals surface area (Å²) in [6.45, 7) is 2.25. The fourth-order valence-corrected chi connectivity index (χ4v) is 4.85. The number of rotatable bonds is 5. The Morgan fingerprint density at radius 2 is 1.74 bits per heavy atom. The van der Waals surface area contributed by atoms with E-state index in [2.05, 4.69) is 0 Å². The molecular weight excluding hydrogens is 440 g/mol. The number of aliphatic hydroxyl groups excluding tert-OH is 1. The number of ketones is 1. The second kappa shape index (κ2) is 8.95. The minimum Gasteiger partial charge on any atom is -0.507 e. The van der Waals surface area contributed by atoms with Crippen LogP contribution in [0.15, 0.2) is 78.4 Å². The number of carbonyl (C=O) groups excluding carboxylic acids is 2. The third-order valence-electron chi connectivity index (χ3n) is 6.63. The van der Waals surface area contributed by atoms with Crippen molar-refractivity contribution < 1.29 is 19.4 Å². The molecule has 3 aromatic rings. The molecule has 1 amide bonds. The zero-order valence-electron chi connectivity index (χ0n) is 20.1. The van der Waals surface area contributed by atoms with Crippen molar-refractivity contribution >= 4 is 23.1 Å². The summed E-state index contributed by atoms with van der Waals surface area (Å²) in [5.41, 5.74) is 4.27. The van der Waals surface area contributed by atoms with E-state index in [1.165, 1.54) is 0 Å². The Bertz CT molecular complexity index is 1310. The first-order chi connectivity index (χ1) is 16.8. The zero-order valence-corrected chi connectivity index (χ0v) is 20.1. The molecule has 2 aliphatic heterocycles. The highest BCUT2D eigenvalue weighted by Gasteiger charge is 2.46. The number of nitrogens with zero attached hydrogens (tertiary/aromatic N) is 2. The maximum Gasteiger partial charge on any atom is 0.295 e. The van der Waals surface area contributed by atoms with E-state index >= 15 is 0 Å². The van der Waals surface area contributed by atoms with Crippen molar-refractivity contribution in [2.45, 2.75) is 32.0 Å². The number of Topliss-reactive ketones (excluding diaryl/α,β-unsaturated/α-hetero) is 1. The molecule has 0 saturated carbocycles. The van der Waals surface area contributed by atoms with E-state index in [1.807, 2.05) is 92.6 Å². The molecule has 0 unspecified atom stereocenters. The Balaban J connectivity index is 1.62. The first kappa shape index (κ1) is 22.7. The molecule has 1 fully saturated rings. The molecule has 2 atom stereocenters. The zero-order chi connectivity index (χ0) is 24.7. The molecule has 0 aliphatic carbocycles. The van der Waals surface area contributed by atoms with Crippen molar-refractivity contribution in [2.75, 3.05) is 19.0 Å². The molecule has 35 heavy (non-hydrogen) atoms. The molecule has 0 radical (unpaired) electrons. The van der Waals surface area contributed by atoms with Gasteiger partial charge < -0.3 is 19.6 Å². The second-order valence-electron chi connectivity index (χ2n) is 9.35. The number of amides is 1. The van der Waals surface area contributed by atoms with Crippen molar-refractivity contribution in [1.29, 1.82) is 0 Å². The number of hydrogen-bond acceptors (Lipinski definition) is 5. The summed E-state index contributed by atoms with van der Waals surface area (Å²) in [6, 6.07) is 22.0. The van der Waals surface area contributed by atoms with Gasteiger partial charge in [-0.3, -0.25) is 9.59 Å². The SMILES string of the molecule is C[C@H]1Cc2cc(/C(O)=C3\C(=O)C(=O)N(Cc4ccccc4)[C@@H]3c3ccc(N(C)C)cc3)ccc2O1. The van der Waals surface area contributed by atoms with Crippen LogP contribution in [0.1, 0.15) is 35.2 Å². The Labute approximate surface area is 205 Å². The van der Waals surface area contributed by atoms with E-state index in [9.17, 15) is 14.7 Å². The predicted molar refractivity (Wildman–Crippen MR) is 135 cm³/mol. The maximum absolute atomic E-state index is 13.3. The van der Waals surface area contributed by atoms with Gasteiger partial charge in [0.05, 0.1) is 11.6 Å². The van der Waals surface area contributed by atoms with Gasteiger partial charge in [-0.05, 0) is 53.9 Å². The standard InChI is InChI=1S/C29H28N2O4/c1-18-15-22-16-21(11-14-24(22)35-18)27(32)25-26(20-9-12-23(13-10-20)30(2)3)31(29(34)28(25)33)17-19-7-5-4-6-8-19/h4-14,16,18,26,32H,15,17H2,1-3H3/b27-25+/t18-,26+/m0/s1. The van der Waals surface area contributed by atoms with Crippen LogP contribution < -0.4 is 9.64 Å². The van der Waals surface area contributed by atoms with E-state index in [0.717, 1.165) is 34.5 Å². The Morgan fingerprint density at radius 1 is 1.03 bits per heavy atom. The molecule has 1 N–H and O–H groups in total. The molecule has 5 rings (SSSR count). The number of benzene rings is 3. The van der Waals surface area contributed by atoms with Gasteiger partial charge in [0, 0.05) is 38.3 Å². The Hall–Kier alpha value is -4.06. The lowest BCUT2D eigenvalue weighted by Gasteiger charge is -2.26. The molecular formula is C29H28N2O4. The lowest BCUT2D eigenvalue weighted by molar-refractivity contribution is -0.140. The van der Waals surface area contributed by atoms with E-state index in [-0.39, 0.29) is 24.0 Å². The normalized spacial score (nSPS) is 20.6. The highest BCUT2D eigenvalue weighted by atomic mass is 16.5. The van der Waals surface area contributed by atoms with Gasteiger partial charge in [0.25, 0.3) is 11.7 Å². The van der Waals surface area contributed by atoms with E-state index < -0.39 is 17.7 Å². The smallest absolute Gasteiger partial charge is 0.295 e. The van der Waals surface area contributed by atoms with Crippen LogP contribution in [0.2, 0.25) is 0 Å². The molecule has 0 spiro atoms. The third kappa shape index (κ3) is 4.16. The summed E-state index contributed by atoms with van der Waals surface area (Å²) in [7, 11) is 3.91. The van der Waals surface area contributed by atoms with E-state index in [4.69, 9.17) is 4.74 Å². The fraction of sp³-hybridized carbons (Fsp3) is 0.241. The van der Waals surface area contributed by atoms with Gasteiger partial charge in [0.1, 0.15) is 17.6 Å². The van der Waals surface area contributed by atoms with Gasteiger partial charge in [-0.15, -0.1) is 0 Å². The van der Waals surface area contributed by atoms with Crippen LogP contribution >= 0.6 is 0 Å². The van der Waals surface area contributed by atoms with Gasteiger partial charge in [-0.1, -0.05) is 42.5 Å². The monoisotopic (exact) mass is 468 g/mol. The minimum absolute atomic E-state index is 0.0639. The number of likely N-dealkylation sites (tertiary alicyclic amines) is 1. The number of fused-ring (bicyclic) bond motifs is 1. The summed E-state index contributed by atoms with van der Waals surface area (Å²) in [6.07, 6.45) is 0.794. The molecule has 6 nitrogen and oxygen atoms in total. The van der Waals surface area contributed by atoms with Gasteiger partial charge in [-0.25, -0.2) is 0 Å². The van der Waals surface area contributed by atoms with Crippen LogP contribution in [0.25, 0.3) is 5.76 Å². The van der Waals surface area contributed by atoms with Crippen molar-refractivity contribution in [1.82, 2.24) is 4.90 Å². The number of anilines is 1. The van der Waals surface area contributed by atoms with E-state index in [0.29, 0.717) is 5.56 Å². The molecule has 3 aromatic carbocycles. The second-order valence-corrected chi connectivity index (χ2v) is 9.35. The molecule has 2 aliphatic rings. The van der Waals surface area contributed by atoms with Crippen LogP contribution in [-0.2, 0) is 22.6 Å². The molecule has 6 heteroatoms. The van der Waals surface area contributed by atoms with Crippen LogP contribution in [0.4, 0.5) is 5.69 Å². The summed E-state index contributed by atoms with van der Waals surface area (Å²) >= 11 is 0. The highest BCUT2D eigenvalue weighted by molar-refractivity contribution is 6.46. The molecule has 0 bridgehead atoms. The topological polar surface area (TPSA) is 70.1 Å². The summed E-state index contributed by atoms with van der Waals surface area (Å²) < 4.78 is 5.78. The first-order valence-electron chi connectivity index (χ1n) is 11.7. The molecule has 0 aromatic heterocycles. The van der Waals surface area contributed by atoms with Crippen LogP contribution in [-0.4, -0.2) is 41.9 Å². The van der Waals surface area contributed by atoms with E-state index in [1.54, 1.807) is 11.0 Å². The van der Waals surface area contributed by atoms with Crippen molar-refractivity contribution in [3.05, 3.63) is 101 Å².